The Morgan fingerprint density at radius 1 is 0.911 bits per heavy atom. The minimum absolute atomic E-state index is 0. The van der Waals surface area contributed by atoms with Gasteiger partial charge in [-0.05, 0) is 91.3 Å². The van der Waals surface area contributed by atoms with Gasteiger partial charge in [-0.15, -0.1) is 24.8 Å². The van der Waals surface area contributed by atoms with Crippen molar-refractivity contribution in [2.45, 2.75) is 45.5 Å². The Kier molecular flexibility index (Phi) is 14.7. The number of hydrogen-bond acceptors (Lipinski definition) is 7. The maximum atomic E-state index is 14.3. The summed E-state index contributed by atoms with van der Waals surface area (Å²) in [6, 6.07) is 22.9. The number of ether oxygens (including phenoxy) is 1. The van der Waals surface area contributed by atoms with Crippen LogP contribution in [0.2, 0.25) is 10.0 Å². The number of nitrogens with two attached hydrogens (primary N) is 1. The summed E-state index contributed by atoms with van der Waals surface area (Å²) in [5.74, 6) is -0.478. The van der Waals surface area contributed by atoms with Crippen LogP contribution in [0, 0.1) is 10.8 Å². The number of carboxylic acid groups (broad SMARTS) is 1. The number of nitrogen functional groups attached to an aromatic ring is 1. The second kappa shape index (κ2) is 19.0. The fourth-order valence-electron chi connectivity index (χ4n) is 6.23. The molecule has 56 heavy (non-hydrogen) atoms. The Balaban J connectivity index is 0.00000348. The number of imidazole rings is 1. The van der Waals surface area contributed by atoms with Gasteiger partial charge in [0.15, 0.2) is 0 Å². The van der Waals surface area contributed by atoms with Crippen LogP contribution in [0.1, 0.15) is 57.4 Å². The van der Waals surface area contributed by atoms with E-state index in [1.165, 1.54) is 29.2 Å². The highest BCUT2D eigenvalue weighted by Gasteiger charge is 2.25. The van der Waals surface area contributed by atoms with E-state index in [-0.39, 0.29) is 73.4 Å². The van der Waals surface area contributed by atoms with Crippen molar-refractivity contribution in [3.05, 3.63) is 123 Å². The van der Waals surface area contributed by atoms with Crippen LogP contribution < -0.4 is 20.7 Å². The number of anilines is 1. The van der Waals surface area contributed by atoms with Crippen molar-refractivity contribution in [1.29, 1.82) is 10.8 Å². The fraction of sp³-hybridized carbons (Fsp3) is 0.231. The third kappa shape index (κ3) is 10.3. The molecular weight excluding hydrogens is 802 g/mol. The summed E-state index contributed by atoms with van der Waals surface area (Å²) in [5, 5.41) is 28.9. The highest BCUT2D eigenvalue weighted by molar-refractivity contribution is 6.42. The number of likely N-dealkylation sites (tertiary alicyclic amines) is 1. The Morgan fingerprint density at radius 2 is 1.55 bits per heavy atom. The van der Waals surface area contributed by atoms with Crippen LogP contribution in [0.4, 0.5) is 5.69 Å². The summed E-state index contributed by atoms with van der Waals surface area (Å²) in [6.45, 7) is 3.22. The normalized spacial score (nSPS) is 12.6. The molecule has 1 saturated heterocycles. The number of halogens is 4. The number of rotatable bonds is 12. The molecule has 1 aliphatic rings. The second-order valence-electron chi connectivity index (χ2n) is 12.9. The molecule has 0 aliphatic carbocycles. The number of nitrogens with zero attached hydrogens (tertiary/aromatic N) is 4. The third-order valence-corrected chi connectivity index (χ3v) is 9.94. The Morgan fingerprint density at radius 3 is 2.16 bits per heavy atom. The summed E-state index contributed by atoms with van der Waals surface area (Å²) in [5.41, 5.74) is 8.84. The van der Waals surface area contributed by atoms with Crippen LogP contribution in [0.5, 0.6) is 5.75 Å². The van der Waals surface area contributed by atoms with Crippen LogP contribution in [-0.4, -0.2) is 68.2 Å². The lowest BCUT2D eigenvalue weighted by Crippen LogP contribution is -2.40. The monoisotopic (exact) mass is 840 g/mol. The molecule has 294 valence electrons. The summed E-state index contributed by atoms with van der Waals surface area (Å²) in [4.78, 5) is 47.6. The van der Waals surface area contributed by atoms with Gasteiger partial charge in [0.2, 0.25) is 5.91 Å². The molecule has 1 fully saturated rings. The lowest BCUT2D eigenvalue weighted by molar-refractivity contribution is -0.121. The molecule has 0 radical (unpaired) electrons. The van der Waals surface area contributed by atoms with E-state index in [0.29, 0.717) is 49.7 Å². The molecule has 1 aromatic heterocycles. The first-order chi connectivity index (χ1) is 25.9. The maximum Gasteiger partial charge on any atom is 0.335 e. The average Bonchev–Trinajstić information content (AvgIpc) is 3.50. The molecule has 0 bridgehead atoms. The van der Waals surface area contributed by atoms with Crippen LogP contribution in [-0.2, 0) is 24.4 Å². The molecule has 4 aromatic carbocycles. The number of benzene rings is 4. The van der Waals surface area contributed by atoms with Gasteiger partial charge in [0.25, 0.3) is 5.91 Å². The fourth-order valence-corrected chi connectivity index (χ4v) is 6.55. The van der Waals surface area contributed by atoms with Gasteiger partial charge in [-0.2, -0.15) is 0 Å². The first-order valence-corrected chi connectivity index (χ1v) is 17.9. The number of carbonyl (C=O) groups excluding carboxylic acids is 2. The van der Waals surface area contributed by atoms with Gasteiger partial charge in [0, 0.05) is 49.3 Å². The van der Waals surface area contributed by atoms with Crippen LogP contribution in [0.25, 0.3) is 11.0 Å². The molecule has 6 N–H and O–H groups in total. The minimum atomic E-state index is -1.11. The van der Waals surface area contributed by atoms with Crippen molar-refractivity contribution in [2.24, 2.45) is 5.73 Å². The number of aromatic nitrogens is 2. The van der Waals surface area contributed by atoms with Gasteiger partial charge in [-0.3, -0.25) is 20.4 Å². The molecule has 1 aliphatic heterocycles. The largest absolute Gasteiger partial charge is 0.490 e. The Labute approximate surface area is 345 Å². The van der Waals surface area contributed by atoms with Crippen molar-refractivity contribution < 1.29 is 24.2 Å². The summed E-state index contributed by atoms with van der Waals surface area (Å²) < 4.78 is 7.96. The van der Waals surface area contributed by atoms with Gasteiger partial charge >= 0.3 is 5.97 Å². The SMILES string of the molecule is CC(=N)N1CCC(Oc2ccc(N(Cc3nc4cc(C(=N)N)ccc4n3CC(=O)NCc3ccc(Cl)c(Cl)c3)C(=O)c3ccc(C(=O)O)cc3)cc2)CC1.Cl.Cl. The predicted molar refractivity (Wildman–Crippen MR) is 223 cm³/mol. The van der Waals surface area contributed by atoms with Crippen LogP contribution in [0.15, 0.2) is 84.9 Å². The van der Waals surface area contributed by atoms with Crippen LogP contribution in [0.3, 0.4) is 0 Å². The number of amides is 2. The van der Waals surface area contributed by atoms with Gasteiger partial charge in [-0.1, -0.05) is 29.3 Å². The first kappa shape index (κ1) is 43.4. The Hall–Kier alpha value is -5.34. The molecule has 0 saturated carbocycles. The molecule has 5 aromatic rings. The van der Waals surface area contributed by atoms with E-state index in [2.05, 4.69) is 5.32 Å². The topological polar surface area (TPSA) is 191 Å². The molecular formula is C39H40Cl4N8O5. The van der Waals surface area contributed by atoms with E-state index < -0.39 is 11.9 Å². The minimum Gasteiger partial charge on any atom is -0.490 e. The average molecular weight is 843 g/mol. The van der Waals surface area contributed by atoms with Crippen molar-refractivity contribution >= 4 is 94.2 Å². The summed E-state index contributed by atoms with van der Waals surface area (Å²) in [7, 11) is 0. The summed E-state index contributed by atoms with van der Waals surface area (Å²) in [6.07, 6.45) is 1.54. The van der Waals surface area contributed by atoms with Crippen LogP contribution >= 0.6 is 48.0 Å². The van der Waals surface area contributed by atoms with Gasteiger partial charge in [0.1, 0.15) is 30.1 Å². The van der Waals surface area contributed by atoms with E-state index in [1.54, 1.807) is 72.2 Å². The summed E-state index contributed by atoms with van der Waals surface area (Å²) >= 11 is 12.2. The molecule has 2 amide bonds. The van der Waals surface area contributed by atoms with E-state index in [1.807, 2.05) is 4.90 Å². The van der Waals surface area contributed by atoms with Crippen molar-refractivity contribution in [1.82, 2.24) is 19.8 Å². The zero-order valence-corrected chi connectivity index (χ0v) is 33.3. The number of nitrogens with one attached hydrogen (secondary N) is 3. The zero-order chi connectivity index (χ0) is 38.5. The zero-order valence-electron chi connectivity index (χ0n) is 30.1. The molecule has 0 atom stereocenters. The quantitative estimate of drug-likeness (QED) is 0.0645. The van der Waals surface area contributed by atoms with Crippen molar-refractivity contribution in [3.63, 3.8) is 0 Å². The smallest absolute Gasteiger partial charge is 0.335 e. The molecule has 0 spiro atoms. The standard InChI is InChI=1S/C39H38Cl2N8O5.2ClH/c1-23(42)47-16-14-30(15-17-47)54-29-10-8-28(9-11-29)48(38(51)25-3-5-26(6-4-25)39(52)53)21-35-46-33-19-27(37(43)44)7-13-34(33)49(35)22-36(50)45-20-24-2-12-31(40)32(41)18-24;;/h2-13,18-19,30,42H,14-17,20-22H2,1H3,(H3,43,44)(H,45,50)(H,52,53);2*1H. The van der Waals surface area contributed by atoms with E-state index in [4.69, 9.17) is 49.5 Å². The third-order valence-electron chi connectivity index (χ3n) is 9.20. The number of carboxylic acids is 1. The highest BCUT2D eigenvalue weighted by atomic mass is 35.5. The maximum absolute atomic E-state index is 14.3. The molecule has 13 nitrogen and oxygen atoms in total. The number of amidine groups is 2. The lowest BCUT2D eigenvalue weighted by atomic mass is 10.1. The lowest BCUT2D eigenvalue weighted by Gasteiger charge is -2.33. The molecule has 6 rings (SSSR count). The second-order valence-corrected chi connectivity index (χ2v) is 13.7. The number of hydrogen-bond donors (Lipinski definition) is 5. The molecule has 2 heterocycles. The van der Waals surface area contributed by atoms with Gasteiger partial charge in [0.05, 0.1) is 39.0 Å². The predicted octanol–water partition coefficient (Wildman–Crippen LogP) is 7.17. The van der Waals surface area contributed by atoms with E-state index >= 15 is 0 Å². The number of aromatic carboxylic acids is 1. The van der Waals surface area contributed by atoms with E-state index in [9.17, 15) is 19.5 Å². The van der Waals surface area contributed by atoms with Crippen molar-refractivity contribution in [3.8, 4) is 5.75 Å². The molecule has 17 heteroatoms. The number of carbonyl (C=O) groups is 3. The van der Waals surface area contributed by atoms with Gasteiger partial charge in [-0.25, -0.2) is 9.78 Å². The Bertz CT molecular complexity index is 2240. The molecule has 0 unspecified atom stereocenters. The van der Waals surface area contributed by atoms with Gasteiger partial charge < -0.3 is 35.3 Å². The van der Waals surface area contributed by atoms with Crippen molar-refractivity contribution in [2.75, 3.05) is 18.0 Å². The first-order valence-electron chi connectivity index (χ1n) is 17.1. The highest BCUT2D eigenvalue weighted by Crippen LogP contribution is 2.28. The number of fused-ring (bicyclic) bond motifs is 1. The van der Waals surface area contributed by atoms with E-state index in [0.717, 1.165) is 31.5 Å². The number of piperidine rings is 1.